The van der Waals surface area contributed by atoms with Gasteiger partial charge in [0.2, 0.25) is 5.95 Å². The molecular formula is C12H15N5. The van der Waals surface area contributed by atoms with Gasteiger partial charge in [-0.25, -0.2) is 4.98 Å². The Hall–Kier alpha value is -2.17. The van der Waals surface area contributed by atoms with Gasteiger partial charge in [-0.3, -0.25) is 4.98 Å². The van der Waals surface area contributed by atoms with E-state index in [1.807, 2.05) is 25.1 Å². The van der Waals surface area contributed by atoms with Crippen molar-refractivity contribution in [3.8, 4) is 11.3 Å². The van der Waals surface area contributed by atoms with Crippen LogP contribution >= 0.6 is 0 Å². The molecule has 5 nitrogen and oxygen atoms in total. The second-order valence-electron chi connectivity index (χ2n) is 3.48. The maximum Gasteiger partial charge on any atom is 0.224 e. The Morgan fingerprint density at radius 3 is 2.82 bits per heavy atom. The second-order valence-corrected chi connectivity index (χ2v) is 3.48. The molecule has 0 unspecified atom stereocenters. The van der Waals surface area contributed by atoms with Gasteiger partial charge in [-0.1, -0.05) is 0 Å². The van der Waals surface area contributed by atoms with E-state index in [2.05, 4.69) is 25.6 Å². The lowest BCUT2D eigenvalue weighted by molar-refractivity contribution is 1.11. The minimum absolute atomic E-state index is 0.599. The van der Waals surface area contributed by atoms with Gasteiger partial charge >= 0.3 is 0 Å². The molecule has 17 heavy (non-hydrogen) atoms. The lowest BCUT2D eigenvalue weighted by Gasteiger charge is -2.08. The van der Waals surface area contributed by atoms with Crippen LogP contribution in [0.25, 0.3) is 11.3 Å². The fourth-order valence-electron chi connectivity index (χ4n) is 1.49. The number of aromatic nitrogens is 3. The molecule has 0 aliphatic carbocycles. The Morgan fingerprint density at radius 2 is 2.18 bits per heavy atom. The lowest BCUT2D eigenvalue weighted by Crippen LogP contribution is -2.04. The topological polar surface area (TPSA) is 62.7 Å². The second kappa shape index (κ2) is 5.25. The van der Waals surface area contributed by atoms with Gasteiger partial charge in [0.15, 0.2) is 0 Å². The monoisotopic (exact) mass is 229 g/mol. The number of nitrogens with zero attached hydrogens (tertiary/aromatic N) is 3. The summed E-state index contributed by atoms with van der Waals surface area (Å²) in [6, 6.07) is 5.79. The van der Waals surface area contributed by atoms with Crippen LogP contribution in [0.4, 0.5) is 11.8 Å². The van der Waals surface area contributed by atoms with Crippen LogP contribution in [0, 0.1) is 0 Å². The molecule has 5 heteroatoms. The van der Waals surface area contributed by atoms with Gasteiger partial charge in [-0.15, -0.1) is 0 Å². The molecule has 0 bridgehead atoms. The molecule has 2 heterocycles. The van der Waals surface area contributed by atoms with Gasteiger partial charge in [0.25, 0.3) is 0 Å². The average molecular weight is 229 g/mol. The molecule has 0 saturated carbocycles. The summed E-state index contributed by atoms with van der Waals surface area (Å²) in [7, 11) is 1.80. The summed E-state index contributed by atoms with van der Waals surface area (Å²) >= 11 is 0. The molecule has 0 atom stereocenters. The van der Waals surface area contributed by atoms with Gasteiger partial charge in [-0.2, -0.15) is 4.98 Å². The molecule has 2 aromatic rings. The van der Waals surface area contributed by atoms with Crippen LogP contribution in [0.2, 0.25) is 0 Å². The Kier molecular flexibility index (Phi) is 3.49. The van der Waals surface area contributed by atoms with Gasteiger partial charge in [0.1, 0.15) is 5.82 Å². The Labute approximate surface area is 100 Å². The normalized spacial score (nSPS) is 10.0. The number of hydrogen-bond acceptors (Lipinski definition) is 5. The molecule has 2 N–H and O–H groups in total. The van der Waals surface area contributed by atoms with Crippen LogP contribution in [0.3, 0.4) is 0 Å². The van der Waals surface area contributed by atoms with E-state index in [9.17, 15) is 0 Å². The first-order valence-electron chi connectivity index (χ1n) is 5.54. The van der Waals surface area contributed by atoms with Crippen LogP contribution in [0.5, 0.6) is 0 Å². The zero-order valence-corrected chi connectivity index (χ0v) is 9.94. The van der Waals surface area contributed by atoms with Crippen molar-refractivity contribution in [2.24, 2.45) is 0 Å². The van der Waals surface area contributed by atoms with Crippen LogP contribution in [0.15, 0.2) is 30.6 Å². The summed E-state index contributed by atoms with van der Waals surface area (Å²) in [6.45, 7) is 2.86. The fourth-order valence-corrected chi connectivity index (χ4v) is 1.49. The largest absolute Gasteiger partial charge is 0.370 e. The highest BCUT2D eigenvalue weighted by molar-refractivity contribution is 5.63. The zero-order valence-electron chi connectivity index (χ0n) is 9.94. The fraction of sp³-hybridized carbons (Fsp3) is 0.250. The van der Waals surface area contributed by atoms with Crippen molar-refractivity contribution >= 4 is 11.8 Å². The number of pyridine rings is 1. The Bertz CT molecular complexity index is 484. The standard InChI is InChI=1S/C12H15N5/c1-3-15-11-7-10(16-12(13-2)17-11)9-5-4-6-14-8-9/h4-8H,3H2,1-2H3,(H2,13,15,16,17). The summed E-state index contributed by atoms with van der Waals surface area (Å²) < 4.78 is 0. The van der Waals surface area contributed by atoms with Gasteiger partial charge in [0.05, 0.1) is 5.69 Å². The maximum absolute atomic E-state index is 4.40. The van der Waals surface area contributed by atoms with E-state index in [0.29, 0.717) is 5.95 Å². The summed E-state index contributed by atoms with van der Waals surface area (Å²) in [5.41, 5.74) is 1.83. The highest BCUT2D eigenvalue weighted by Gasteiger charge is 2.05. The van der Waals surface area contributed by atoms with Gasteiger partial charge in [0, 0.05) is 37.6 Å². The van der Waals surface area contributed by atoms with Crippen LogP contribution in [0.1, 0.15) is 6.92 Å². The van der Waals surface area contributed by atoms with E-state index in [1.54, 1.807) is 19.4 Å². The van der Waals surface area contributed by atoms with Crippen molar-refractivity contribution < 1.29 is 0 Å². The van der Waals surface area contributed by atoms with Crippen molar-refractivity contribution in [1.82, 2.24) is 15.0 Å². The maximum atomic E-state index is 4.40. The molecule has 0 aliphatic heterocycles. The molecule has 0 fully saturated rings. The summed E-state index contributed by atoms with van der Waals surface area (Å²) in [5.74, 6) is 1.41. The quantitative estimate of drug-likeness (QED) is 0.839. The number of anilines is 2. The number of rotatable bonds is 4. The molecule has 0 amide bonds. The molecule has 2 aromatic heterocycles. The molecule has 0 aliphatic rings. The third-order valence-corrected chi connectivity index (χ3v) is 2.26. The van der Waals surface area contributed by atoms with Crippen molar-refractivity contribution in [1.29, 1.82) is 0 Å². The van der Waals surface area contributed by atoms with E-state index >= 15 is 0 Å². The van der Waals surface area contributed by atoms with Crippen molar-refractivity contribution in [2.75, 3.05) is 24.2 Å². The van der Waals surface area contributed by atoms with Crippen LogP contribution in [-0.4, -0.2) is 28.5 Å². The minimum atomic E-state index is 0.599. The molecule has 2 rings (SSSR count). The van der Waals surface area contributed by atoms with Crippen LogP contribution < -0.4 is 10.6 Å². The molecule has 0 saturated heterocycles. The Morgan fingerprint density at radius 1 is 1.29 bits per heavy atom. The number of nitrogens with one attached hydrogen (secondary N) is 2. The molecule has 0 aromatic carbocycles. The summed E-state index contributed by atoms with van der Waals surface area (Å²) in [5, 5.41) is 6.13. The average Bonchev–Trinajstić information content (AvgIpc) is 2.40. The van der Waals surface area contributed by atoms with E-state index in [4.69, 9.17) is 0 Å². The first kappa shape index (κ1) is 11.3. The van der Waals surface area contributed by atoms with Gasteiger partial charge < -0.3 is 10.6 Å². The van der Waals surface area contributed by atoms with E-state index < -0.39 is 0 Å². The predicted octanol–water partition coefficient (Wildman–Crippen LogP) is 2.01. The lowest BCUT2D eigenvalue weighted by atomic mass is 10.2. The number of hydrogen-bond donors (Lipinski definition) is 2. The minimum Gasteiger partial charge on any atom is -0.370 e. The highest BCUT2D eigenvalue weighted by Crippen LogP contribution is 2.20. The highest BCUT2D eigenvalue weighted by atomic mass is 15.1. The van der Waals surface area contributed by atoms with E-state index in [-0.39, 0.29) is 0 Å². The van der Waals surface area contributed by atoms with E-state index in [1.165, 1.54) is 0 Å². The van der Waals surface area contributed by atoms with Crippen LogP contribution in [-0.2, 0) is 0 Å². The molecule has 0 radical (unpaired) electrons. The Balaban J connectivity index is 2.43. The van der Waals surface area contributed by atoms with Crippen molar-refractivity contribution in [2.45, 2.75) is 6.92 Å². The zero-order chi connectivity index (χ0) is 12.1. The predicted molar refractivity (Wildman–Crippen MR) is 69.0 cm³/mol. The van der Waals surface area contributed by atoms with Crippen molar-refractivity contribution in [3.05, 3.63) is 30.6 Å². The first-order valence-corrected chi connectivity index (χ1v) is 5.54. The van der Waals surface area contributed by atoms with E-state index in [0.717, 1.165) is 23.6 Å². The first-order chi connectivity index (χ1) is 8.33. The summed E-state index contributed by atoms with van der Waals surface area (Å²) in [4.78, 5) is 12.8. The smallest absolute Gasteiger partial charge is 0.224 e. The SMILES string of the molecule is CCNc1cc(-c2cccnc2)nc(NC)n1. The van der Waals surface area contributed by atoms with Crippen molar-refractivity contribution in [3.63, 3.8) is 0 Å². The van der Waals surface area contributed by atoms with Gasteiger partial charge in [-0.05, 0) is 19.1 Å². The molecule has 0 spiro atoms. The molecular weight excluding hydrogens is 214 g/mol. The third kappa shape index (κ3) is 2.69. The third-order valence-electron chi connectivity index (χ3n) is 2.26. The molecule has 88 valence electrons. The summed E-state index contributed by atoms with van der Waals surface area (Å²) in [6.07, 6.45) is 3.53.